The molecule has 0 fully saturated rings. The van der Waals surface area contributed by atoms with Crippen molar-refractivity contribution in [2.45, 2.75) is 39.5 Å². The molecular weight excluding hydrogens is 712 g/mol. The van der Waals surface area contributed by atoms with E-state index in [4.69, 9.17) is 36.2 Å². The van der Waals surface area contributed by atoms with Crippen LogP contribution in [0.3, 0.4) is 0 Å². The third-order valence-electron chi connectivity index (χ3n) is 5.45. The molecule has 0 aromatic carbocycles. The van der Waals surface area contributed by atoms with Gasteiger partial charge >= 0.3 is 0 Å². The number of halogens is 2. The molecular formula is C28H34Br2N10O3Si. The first-order valence-corrected chi connectivity index (χ1v) is 18.6. The summed E-state index contributed by atoms with van der Waals surface area (Å²) in [5, 5.41) is 22.8. The zero-order valence-electron chi connectivity index (χ0n) is 25.0. The van der Waals surface area contributed by atoms with E-state index in [0.717, 1.165) is 26.0 Å². The van der Waals surface area contributed by atoms with E-state index >= 15 is 0 Å². The molecule has 44 heavy (non-hydrogen) atoms. The number of aliphatic imine (C=N–C) groups is 1. The second kappa shape index (κ2) is 15.7. The van der Waals surface area contributed by atoms with Crippen LogP contribution in [0.15, 0.2) is 62.7 Å². The second-order valence-electron chi connectivity index (χ2n) is 10.6. The maximum atomic E-state index is 8.15. The molecule has 232 valence electrons. The average molecular weight is 747 g/mol. The van der Waals surface area contributed by atoms with Crippen LogP contribution >= 0.6 is 31.9 Å². The van der Waals surface area contributed by atoms with Gasteiger partial charge in [-0.05, 0) is 74.3 Å². The number of anilines is 1. The van der Waals surface area contributed by atoms with Crippen molar-refractivity contribution in [3.05, 3.63) is 57.7 Å². The van der Waals surface area contributed by atoms with Crippen LogP contribution in [0.5, 0.6) is 0 Å². The lowest BCUT2D eigenvalue weighted by Gasteiger charge is -2.24. The molecule has 5 N–H and O–H groups in total. The fraction of sp³-hybridized carbons (Fsp3) is 0.286. The van der Waals surface area contributed by atoms with Crippen molar-refractivity contribution < 1.29 is 14.2 Å². The minimum absolute atomic E-state index is 0.0264. The smallest absolute Gasteiger partial charge is 0.298 e. The summed E-state index contributed by atoms with van der Waals surface area (Å²) in [5.41, 5.74) is 8.42. The molecule has 4 heterocycles. The standard InChI is InChI=1S/C17H24BrN5O2Si.C11H10BrN5O/c1-12(19)25-17(20)23(11-24-7-8-26(2,3)4)16-6-5-14-15(22-16)9-13(18)10-21-14;1-6(13)18-11(14)17-10-3-2-8-9(16-10)4-7(12)5-15-8/h5-6,9-10,19-20H,7-8,11H2,1-4H3;2-5,13H,1H3,(H2,14,16,17). The summed E-state index contributed by atoms with van der Waals surface area (Å²) >= 11 is 6.72. The number of aromatic nitrogens is 4. The molecule has 0 amide bonds. The van der Waals surface area contributed by atoms with Crippen LogP contribution in [-0.2, 0) is 14.2 Å². The van der Waals surface area contributed by atoms with Crippen molar-refractivity contribution in [1.29, 1.82) is 16.2 Å². The Morgan fingerprint density at radius 2 is 1.43 bits per heavy atom. The second-order valence-corrected chi connectivity index (χ2v) is 18.0. The van der Waals surface area contributed by atoms with Crippen molar-refractivity contribution >= 4 is 97.5 Å². The SMILES string of the molecule is CC(=N)OC(=N)N(COCC[Si](C)(C)C)c1ccc2ncc(Br)cc2n1.CC(=N)OC(N)=Nc1ccc2ncc(Br)cc2n1. The number of hydrogen-bond acceptors (Lipinski definition) is 11. The van der Waals surface area contributed by atoms with E-state index in [2.05, 4.69) is 76.4 Å². The average Bonchev–Trinajstić information content (AvgIpc) is 2.91. The van der Waals surface area contributed by atoms with E-state index in [1.165, 1.54) is 18.7 Å². The summed E-state index contributed by atoms with van der Waals surface area (Å²) in [6.45, 7) is 10.6. The third kappa shape index (κ3) is 11.3. The number of rotatable bonds is 7. The van der Waals surface area contributed by atoms with Crippen LogP contribution in [0.25, 0.3) is 22.1 Å². The van der Waals surface area contributed by atoms with Gasteiger partial charge in [0.15, 0.2) is 17.6 Å². The van der Waals surface area contributed by atoms with Crippen molar-refractivity contribution in [2.75, 3.05) is 18.2 Å². The number of fused-ring (bicyclic) bond motifs is 2. The predicted molar refractivity (Wildman–Crippen MR) is 184 cm³/mol. The molecule has 0 aliphatic carbocycles. The molecule has 4 aromatic heterocycles. The van der Waals surface area contributed by atoms with Crippen LogP contribution < -0.4 is 10.6 Å². The molecule has 0 saturated heterocycles. The maximum absolute atomic E-state index is 8.15. The lowest BCUT2D eigenvalue weighted by molar-refractivity contribution is 0.152. The Hall–Kier alpha value is -3.86. The van der Waals surface area contributed by atoms with Crippen LogP contribution in [-0.4, -0.2) is 65.2 Å². The monoisotopic (exact) mass is 744 g/mol. The Bertz CT molecular complexity index is 1700. The molecule has 0 unspecified atom stereocenters. The summed E-state index contributed by atoms with van der Waals surface area (Å²) in [7, 11) is -1.20. The van der Waals surface area contributed by atoms with Gasteiger partial charge in [-0.3, -0.25) is 31.1 Å². The molecule has 0 aliphatic heterocycles. The highest BCUT2D eigenvalue weighted by atomic mass is 79.9. The van der Waals surface area contributed by atoms with Crippen LogP contribution in [0.2, 0.25) is 25.7 Å². The summed E-state index contributed by atoms with van der Waals surface area (Å²) < 4.78 is 17.4. The number of amidine groups is 2. The van der Waals surface area contributed by atoms with Crippen molar-refractivity contribution in [2.24, 2.45) is 10.7 Å². The Kier molecular flexibility index (Phi) is 12.4. The lowest BCUT2D eigenvalue weighted by Crippen LogP contribution is -2.36. The van der Waals surface area contributed by atoms with Gasteiger partial charge < -0.3 is 19.9 Å². The van der Waals surface area contributed by atoms with Gasteiger partial charge in [0, 0.05) is 49.9 Å². The summed E-state index contributed by atoms with van der Waals surface area (Å²) in [6.07, 6.45) is 3.41. The van der Waals surface area contributed by atoms with Crippen molar-refractivity contribution in [3.63, 3.8) is 0 Å². The van der Waals surface area contributed by atoms with Gasteiger partial charge in [-0.1, -0.05) is 19.6 Å². The summed E-state index contributed by atoms with van der Waals surface area (Å²) in [5.74, 6) is 0.826. The van der Waals surface area contributed by atoms with Gasteiger partial charge in [-0.25, -0.2) is 9.97 Å². The molecule has 4 rings (SSSR count). The number of nitrogens with zero attached hydrogens (tertiary/aromatic N) is 6. The molecule has 0 atom stereocenters. The zero-order valence-corrected chi connectivity index (χ0v) is 29.2. The number of hydrogen-bond donors (Lipinski definition) is 4. The number of nitrogens with one attached hydrogen (secondary N) is 3. The zero-order chi connectivity index (χ0) is 32.4. The fourth-order valence-corrected chi connectivity index (χ4v) is 4.81. The highest BCUT2D eigenvalue weighted by Crippen LogP contribution is 2.21. The normalized spacial score (nSPS) is 11.5. The summed E-state index contributed by atoms with van der Waals surface area (Å²) in [6, 6.07) is 11.5. The van der Waals surface area contributed by atoms with Gasteiger partial charge in [0.05, 0.1) is 22.1 Å². The number of nitrogens with two attached hydrogens (primary N) is 1. The molecule has 0 spiro atoms. The van der Waals surface area contributed by atoms with E-state index in [0.29, 0.717) is 29.3 Å². The maximum Gasteiger partial charge on any atom is 0.298 e. The highest BCUT2D eigenvalue weighted by molar-refractivity contribution is 9.10. The van der Waals surface area contributed by atoms with E-state index < -0.39 is 8.07 Å². The van der Waals surface area contributed by atoms with Crippen LogP contribution in [0, 0.1) is 16.2 Å². The first kappa shape index (κ1) is 34.6. The van der Waals surface area contributed by atoms with Crippen molar-refractivity contribution in [1.82, 2.24) is 19.9 Å². The lowest BCUT2D eigenvalue weighted by atomic mass is 10.3. The van der Waals surface area contributed by atoms with Gasteiger partial charge in [0.2, 0.25) is 0 Å². The number of ether oxygens (including phenoxy) is 3. The van der Waals surface area contributed by atoms with Gasteiger partial charge in [-0.2, -0.15) is 4.99 Å². The Morgan fingerprint density at radius 3 is 2.00 bits per heavy atom. The Morgan fingerprint density at radius 1 is 0.864 bits per heavy atom. The fourth-order valence-electron chi connectivity index (χ4n) is 3.41. The number of pyridine rings is 4. The minimum Gasteiger partial charge on any atom is -0.412 e. The molecule has 0 aliphatic rings. The van der Waals surface area contributed by atoms with Gasteiger partial charge in [0.1, 0.15) is 12.5 Å². The molecule has 4 aromatic rings. The molecule has 0 saturated carbocycles. The first-order valence-electron chi connectivity index (χ1n) is 13.3. The topological polar surface area (TPSA) is 192 Å². The first-order chi connectivity index (χ1) is 20.7. The quantitative estimate of drug-likeness (QED) is 0.0517. The van der Waals surface area contributed by atoms with Crippen molar-refractivity contribution in [3.8, 4) is 0 Å². The van der Waals surface area contributed by atoms with Crippen LogP contribution in [0.1, 0.15) is 13.8 Å². The molecule has 0 radical (unpaired) electrons. The van der Waals surface area contributed by atoms with E-state index in [9.17, 15) is 0 Å². The Balaban J connectivity index is 0.000000257. The van der Waals surface area contributed by atoms with E-state index in [-0.39, 0.29) is 30.6 Å². The van der Waals surface area contributed by atoms with E-state index in [1.54, 1.807) is 30.6 Å². The summed E-state index contributed by atoms with van der Waals surface area (Å²) in [4.78, 5) is 22.8. The molecule has 0 bridgehead atoms. The van der Waals surface area contributed by atoms with Gasteiger partial charge in [0.25, 0.3) is 12.0 Å². The predicted octanol–water partition coefficient (Wildman–Crippen LogP) is 6.81. The Labute approximate surface area is 273 Å². The van der Waals surface area contributed by atoms with E-state index in [1.807, 2.05) is 18.2 Å². The minimum atomic E-state index is -1.20. The third-order valence-corrected chi connectivity index (χ3v) is 8.02. The highest BCUT2D eigenvalue weighted by Gasteiger charge is 2.18. The molecule has 16 heteroatoms. The largest absolute Gasteiger partial charge is 0.412 e. The van der Waals surface area contributed by atoms with Gasteiger partial charge in [-0.15, -0.1) is 0 Å². The van der Waals surface area contributed by atoms with Crippen LogP contribution in [0.4, 0.5) is 11.6 Å². The molecule has 13 nitrogen and oxygen atoms in total.